The fourth-order valence-corrected chi connectivity index (χ4v) is 4.55. The molecule has 2 unspecified atom stereocenters. The molecule has 20 heteroatoms. The minimum absolute atomic E-state index is 0.0781. The largest absolute Gasteiger partial charge is 0.463 e. The minimum atomic E-state index is -3.73. The molecule has 49 heavy (non-hydrogen) atoms. The van der Waals surface area contributed by atoms with Crippen molar-refractivity contribution in [1.82, 2.24) is 9.97 Å². The molecule has 0 radical (unpaired) electrons. The predicted molar refractivity (Wildman–Crippen MR) is 171 cm³/mol. The van der Waals surface area contributed by atoms with E-state index in [0.717, 1.165) is 10.6 Å². The first-order chi connectivity index (χ1) is 23.0. The van der Waals surface area contributed by atoms with E-state index in [1.54, 1.807) is 0 Å². The summed E-state index contributed by atoms with van der Waals surface area (Å²) in [6.07, 6.45) is -0.385. The van der Waals surface area contributed by atoms with Crippen molar-refractivity contribution < 1.29 is 57.1 Å². The number of hydrogen-bond acceptors (Lipinski definition) is 15. The maximum atomic E-state index is 13.7. The normalized spacial score (nSPS) is 13.6. The van der Waals surface area contributed by atoms with Gasteiger partial charge in [0.05, 0.1) is 49.5 Å². The molecule has 2 rings (SSSR count). The Balaban J connectivity index is 2.08. The molecule has 0 fully saturated rings. The van der Waals surface area contributed by atoms with Crippen LogP contribution >= 0.6 is 0 Å². The third kappa shape index (κ3) is 14.6. The molecule has 3 atom stereocenters. The Bertz CT molecular complexity index is 1540. The van der Waals surface area contributed by atoms with Crippen molar-refractivity contribution in [2.45, 2.75) is 63.8 Å². The zero-order valence-electron chi connectivity index (χ0n) is 27.3. The highest BCUT2D eigenvalue weighted by molar-refractivity contribution is 7.92. The third-order valence-corrected chi connectivity index (χ3v) is 7.81. The van der Waals surface area contributed by atoms with Crippen LogP contribution < -0.4 is 4.31 Å². The average molecular weight is 718 g/mol. The van der Waals surface area contributed by atoms with Gasteiger partial charge in [-0.3, -0.25) is 4.79 Å². The molecule has 0 aliphatic heterocycles. The smallest absolute Gasteiger partial charge is 0.308 e. The SMILES string of the molecule is CC(C)c1nc(N(C)S(C)(=O)=O)nc(-c2ccc(F)cc2)c1/C=C/C(O)C[C@@H](O)CC(=O)OCC(COCCCCO[N+](=O)[O-])O[N+](=O)[O-]. The number of rotatable bonds is 22. The number of ether oxygens (including phenoxy) is 2. The van der Waals surface area contributed by atoms with Crippen molar-refractivity contribution in [2.75, 3.05) is 44.0 Å². The van der Waals surface area contributed by atoms with E-state index in [-0.39, 0.29) is 43.8 Å². The summed E-state index contributed by atoms with van der Waals surface area (Å²) in [4.78, 5) is 50.7. The molecule has 1 heterocycles. The summed E-state index contributed by atoms with van der Waals surface area (Å²) in [5.74, 6) is -1.80. The molecule has 18 nitrogen and oxygen atoms in total. The van der Waals surface area contributed by atoms with E-state index in [1.807, 2.05) is 13.8 Å². The summed E-state index contributed by atoms with van der Waals surface area (Å²) >= 11 is 0. The summed E-state index contributed by atoms with van der Waals surface area (Å²) in [5, 5.41) is 40.0. The first-order valence-electron chi connectivity index (χ1n) is 15.0. The number of nitrogens with zero attached hydrogens (tertiary/aromatic N) is 5. The lowest BCUT2D eigenvalue weighted by Gasteiger charge is -2.20. The van der Waals surface area contributed by atoms with Crippen LogP contribution in [0.2, 0.25) is 0 Å². The molecule has 1 aromatic heterocycles. The zero-order valence-corrected chi connectivity index (χ0v) is 28.2. The van der Waals surface area contributed by atoms with E-state index >= 15 is 0 Å². The highest BCUT2D eigenvalue weighted by atomic mass is 32.2. The number of unbranched alkanes of at least 4 members (excludes halogenated alkanes) is 1. The average Bonchev–Trinajstić information content (AvgIpc) is 3.00. The fraction of sp³-hybridized carbons (Fsp3) is 0.552. The van der Waals surface area contributed by atoms with Crippen LogP contribution in [0.3, 0.4) is 0 Å². The summed E-state index contributed by atoms with van der Waals surface area (Å²) < 4.78 is 49.3. The van der Waals surface area contributed by atoms with E-state index in [0.29, 0.717) is 29.7 Å². The summed E-state index contributed by atoms with van der Waals surface area (Å²) in [5.41, 5.74) is 1.53. The number of anilines is 1. The second-order valence-electron chi connectivity index (χ2n) is 11.1. The quantitative estimate of drug-likeness (QED) is 0.0769. The lowest BCUT2D eigenvalue weighted by atomic mass is 9.97. The number of aliphatic hydroxyl groups excluding tert-OH is 2. The van der Waals surface area contributed by atoms with Crippen LogP contribution in [0.15, 0.2) is 30.3 Å². The molecular weight excluding hydrogens is 677 g/mol. The maximum absolute atomic E-state index is 13.7. The molecule has 2 aromatic rings. The molecule has 0 amide bonds. The van der Waals surface area contributed by atoms with Gasteiger partial charge in [-0.2, -0.15) is 0 Å². The molecule has 1 aromatic carbocycles. The standard InChI is InChI=1S/C29H40FN5O13S/c1-19(2)27-25(28(20-7-9-21(30)10-8-20)32-29(31-27)33(3)49(4,43)44)12-11-22(36)15-23(37)16-26(38)46-18-24(48-35(41)42)17-45-13-5-6-14-47-34(39)40/h7-12,19,22-24,36-37H,5-6,13-18H2,1-4H3/b12-11+/t22?,23-,24?/m1/s1. The Morgan fingerprint density at radius 1 is 1.06 bits per heavy atom. The van der Waals surface area contributed by atoms with Crippen LogP contribution in [0.5, 0.6) is 0 Å². The van der Waals surface area contributed by atoms with Crippen molar-refractivity contribution in [1.29, 1.82) is 0 Å². The zero-order chi connectivity index (χ0) is 36.7. The molecule has 0 saturated heterocycles. The van der Waals surface area contributed by atoms with Crippen molar-refractivity contribution in [2.24, 2.45) is 0 Å². The predicted octanol–water partition coefficient (Wildman–Crippen LogP) is 2.44. The Kier molecular flexibility index (Phi) is 16.1. The van der Waals surface area contributed by atoms with Crippen molar-refractivity contribution in [3.8, 4) is 11.3 Å². The van der Waals surface area contributed by atoms with Gasteiger partial charge in [0.2, 0.25) is 16.0 Å². The summed E-state index contributed by atoms with van der Waals surface area (Å²) in [6, 6.07) is 5.34. The maximum Gasteiger partial charge on any atom is 0.308 e. The van der Waals surface area contributed by atoms with Gasteiger partial charge in [0.25, 0.3) is 10.2 Å². The summed E-state index contributed by atoms with van der Waals surface area (Å²) in [7, 11) is -2.44. The summed E-state index contributed by atoms with van der Waals surface area (Å²) in [6.45, 7) is 2.66. The topological polar surface area (TPSA) is 244 Å². The first kappa shape index (κ1) is 40.6. The number of aliphatic hydroxyl groups is 2. The van der Waals surface area contributed by atoms with Gasteiger partial charge in [-0.15, -0.1) is 20.2 Å². The number of sulfonamides is 1. The molecular formula is C29H40FN5O13S. The number of benzene rings is 1. The van der Waals surface area contributed by atoms with Gasteiger partial charge in [0.15, 0.2) is 6.10 Å². The number of hydrogen-bond donors (Lipinski definition) is 2. The highest BCUT2D eigenvalue weighted by Gasteiger charge is 2.23. The van der Waals surface area contributed by atoms with E-state index < -0.39 is 63.3 Å². The number of aromatic nitrogens is 2. The van der Waals surface area contributed by atoms with Crippen LogP contribution in [0.4, 0.5) is 10.3 Å². The van der Waals surface area contributed by atoms with Gasteiger partial charge < -0.3 is 29.4 Å². The monoisotopic (exact) mass is 717 g/mol. The van der Waals surface area contributed by atoms with E-state index in [2.05, 4.69) is 19.6 Å². The molecule has 0 bridgehead atoms. The molecule has 0 saturated carbocycles. The molecule has 0 aliphatic carbocycles. The van der Waals surface area contributed by atoms with Gasteiger partial charge in [-0.25, -0.2) is 27.1 Å². The second kappa shape index (κ2) is 19.5. The van der Waals surface area contributed by atoms with Gasteiger partial charge in [-0.1, -0.05) is 26.0 Å². The van der Waals surface area contributed by atoms with Crippen molar-refractivity contribution in [3.63, 3.8) is 0 Å². The highest BCUT2D eigenvalue weighted by Crippen LogP contribution is 2.31. The Labute approximate surface area is 281 Å². The first-order valence-corrected chi connectivity index (χ1v) is 16.8. The Morgan fingerprint density at radius 2 is 1.71 bits per heavy atom. The fourth-order valence-electron chi connectivity index (χ4n) is 4.17. The van der Waals surface area contributed by atoms with Crippen molar-refractivity contribution >= 4 is 28.0 Å². The van der Waals surface area contributed by atoms with Crippen LogP contribution in [-0.4, -0.2) is 103 Å². The van der Waals surface area contributed by atoms with Crippen molar-refractivity contribution in [3.05, 3.63) is 67.6 Å². The van der Waals surface area contributed by atoms with Crippen LogP contribution in [0, 0.1) is 26.0 Å². The number of carbonyl (C=O) groups excluding carboxylic acids is 1. The number of carbonyl (C=O) groups is 1. The lowest BCUT2D eigenvalue weighted by Crippen LogP contribution is -2.30. The van der Waals surface area contributed by atoms with E-state index in [1.165, 1.54) is 43.5 Å². The Morgan fingerprint density at radius 3 is 2.31 bits per heavy atom. The number of halogens is 1. The van der Waals surface area contributed by atoms with E-state index in [4.69, 9.17) is 9.47 Å². The van der Waals surface area contributed by atoms with Crippen LogP contribution in [0.1, 0.15) is 56.7 Å². The molecule has 0 aliphatic rings. The van der Waals surface area contributed by atoms with E-state index in [9.17, 15) is 48.0 Å². The Hall–Kier alpha value is -4.53. The van der Waals surface area contributed by atoms with Gasteiger partial charge >= 0.3 is 5.97 Å². The molecule has 0 spiro atoms. The third-order valence-electron chi connectivity index (χ3n) is 6.66. The molecule has 2 N–H and O–H groups in total. The lowest BCUT2D eigenvalue weighted by molar-refractivity contribution is -0.769. The van der Waals surface area contributed by atoms with Crippen LogP contribution in [0.25, 0.3) is 17.3 Å². The van der Waals surface area contributed by atoms with Gasteiger partial charge in [0, 0.05) is 31.2 Å². The van der Waals surface area contributed by atoms with Gasteiger partial charge in [0.1, 0.15) is 12.4 Å². The minimum Gasteiger partial charge on any atom is -0.463 e. The van der Waals surface area contributed by atoms with Gasteiger partial charge in [-0.05, 0) is 43.0 Å². The second-order valence-corrected chi connectivity index (χ2v) is 13.1. The van der Waals surface area contributed by atoms with Crippen LogP contribution in [-0.2, 0) is 34.0 Å². The number of esters is 1. The molecule has 272 valence electrons.